The van der Waals surface area contributed by atoms with Gasteiger partial charge in [-0.05, 0) is 39.7 Å². The fourth-order valence-electron chi connectivity index (χ4n) is 1.03. The van der Waals surface area contributed by atoms with E-state index in [0.717, 1.165) is 0 Å². The van der Waals surface area contributed by atoms with Gasteiger partial charge in [-0.15, -0.1) is 0 Å². The molecule has 82 valence electrons. The van der Waals surface area contributed by atoms with Gasteiger partial charge in [0.05, 0.1) is 4.47 Å². The largest absolute Gasteiger partial charge is 0.225 e. The molecular formula is C10H5BrClFN2S. The highest BCUT2D eigenvalue weighted by Gasteiger charge is 2.08. The Morgan fingerprint density at radius 3 is 2.81 bits per heavy atom. The van der Waals surface area contributed by atoms with Gasteiger partial charge >= 0.3 is 0 Å². The zero-order valence-corrected chi connectivity index (χ0v) is 11.0. The fraction of sp³-hybridized carbons (Fsp3) is 0. The first-order valence-electron chi connectivity index (χ1n) is 4.27. The summed E-state index contributed by atoms with van der Waals surface area (Å²) in [5.74, 6) is -0.283. The van der Waals surface area contributed by atoms with Crippen molar-refractivity contribution in [1.29, 1.82) is 0 Å². The van der Waals surface area contributed by atoms with Crippen LogP contribution in [0.25, 0.3) is 0 Å². The van der Waals surface area contributed by atoms with Gasteiger partial charge in [0.2, 0.25) is 5.28 Å². The Balaban J connectivity index is 2.34. The van der Waals surface area contributed by atoms with E-state index in [4.69, 9.17) is 11.6 Å². The summed E-state index contributed by atoms with van der Waals surface area (Å²) in [5.41, 5.74) is 0. The van der Waals surface area contributed by atoms with Gasteiger partial charge in [-0.2, -0.15) is 0 Å². The Hall–Kier alpha value is -0.650. The van der Waals surface area contributed by atoms with E-state index >= 15 is 0 Å². The summed E-state index contributed by atoms with van der Waals surface area (Å²) in [6.45, 7) is 0. The van der Waals surface area contributed by atoms with E-state index in [2.05, 4.69) is 25.9 Å². The summed E-state index contributed by atoms with van der Waals surface area (Å²) in [6.07, 6.45) is 1.54. The second-order valence-electron chi connectivity index (χ2n) is 2.82. The maximum atomic E-state index is 13.4. The minimum Gasteiger partial charge on any atom is -0.225 e. The van der Waals surface area contributed by atoms with Crippen LogP contribution in [-0.4, -0.2) is 9.97 Å². The summed E-state index contributed by atoms with van der Waals surface area (Å²) in [5, 5.41) is 0.729. The average Bonchev–Trinajstić information content (AvgIpc) is 2.27. The van der Waals surface area contributed by atoms with E-state index in [9.17, 15) is 4.39 Å². The van der Waals surface area contributed by atoms with Crippen LogP contribution in [-0.2, 0) is 0 Å². The highest BCUT2D eigenvalue weighted by atomic mass is 79.9. The topological polar surface area (TPSA) is 25.8 Å². The van der Waals surface area contributed by atoms with Crippen LogP contribution in [0.5, 0.6) is 0 Å². The van der Waals surface area contributed by atoms with Crippen LogP contribution in [0.2, 0.25) is 5.28 Å². The van der Waals surface area contributed by atoms with Gasteiger partial charge in [-0.1, -0.05) is 23.9 Å². The van der Waals surface area contributed by atoms with Gasteiger partial charge in [0.15, 0.2) is 0 Å². The summed E-state index contributed by atoms with van der Waals surface area (Å²) < 4.78 is 14.1. The SMILES string of the molecule is Fc1ccccc1Sc1nc(Cl)ncc1Br. The quantitative estimate of drug-likeness (QED) is 0.613. The molecule has 6 heteroatoms. The van der Waals surface area contributed by atoms with Gasteiger partial charge in [0, 0.05) is 11.1 Å². The molecule has 2 nitrogen and oxygen atoms in total. The van der Waals surface area contributed by atoms with Crippen molar-refractivity contribution in [2.24, 2.45) is 0 Å². The number of hydrogen-bond acceptors (Lipinski definition) is 3. The zero-order valence-electron chi connectivity index (χ0n) is 7.82. The molecule has 0 saturated carbocycles. The van der Waals surface area contributed by atoms with Gasteiger partial charge in [-0.3, -0.25) is 0 Å². The van der Waals surface area contributed by atoms with E-state index in [1.165, 1.54) is 17.8 Å². The molecule has 0 aliphatic carbocycles. The summed E-state index contributed by atoms with van der Waals surface area (Å²) in [6, 6.07) is 6.49. The van der Waals surface area contributed by atoms with Crippen LogP contribution >= 0.6 is 39.3 Å². The van der Waals surface area contributed by atoms with E-state index in [1.807, 2.05) is 0 Å². The van der Waals surface area contributed by atoms with Crippen molar-refractivity contribution in [3.8, 4) is 0 Å². The van der Waals surface area contributed by atoms with Crippen LogP contribution in [0.1, 0.15) is 0 Å². The van der Waals surface area contributed by atoms with Gasteiger partial charge in [-0.25, -0.2) is 14.4 Å². The Bertz CT molecular complexity index is 524. The molecule has 0 aliphatic heterocycles. The normalized spacial score (nSPS) is 10.4. The molecule has 0 aliphatic rings. The molecule has 0 atom stereocenters. The van der Waals surface area contributed by atoms with E-state index in [0.29, 0.717) is 14.4 Å². The first-order chi connectivity index (χ1) is 7.66. The molecule has 0 unspecified atom stereocenters. The lowest BCUT2D eigenvalue weighted by Crippen LogP contribution is -1.88. The maximum Gasteiger partial charge on any atom is 0.223 e. The second kappa shape index (κ2) is 5.12. The first kappa shape index (κ1) is 11.8. The third-order valence-corrected chi connectivity index (χ3v) is 3.81. The zero-order chi connectivity index (χ0) is 11.5. The molecule has 0 saturated heterocycles. The molecule has 0 N–H and O–H groups in total. The molecule has 1 aromatic carbocycles. The van der Waals surface area contributed by atoms with Crippen molar-refractivity contribution in [3.63, 3.8) is 0 Å². The van der Waals surface area contributed by atoms with Crippen LogP contribution in [0.3, 0.4) is 0 Å². The molecule has 2 aromatic rings. The van der Waals surface area contributed by atoms with Gasteiger partial charge in [0.25, 0.3) is 0 Å². The van der Waals surface area contributed by atoms with E-state index in [-0.39, 0.29) is 11.1 Å². The molecule has 0 radical (unpaired) electrons. The number of halogens is 3. The maximum absolute atomic E-state index is 13.4. The Morgan fingerprint density at radius 1 is 1.31 bits per heavy atom. The lowest BCUT2D eigenvalue weighted by atomic mass is 10.3. The Labute approximate surface area is 109 Å². The molecule has 0 amide bonds. The van der Waals surface area contributed by atoms with Crippen molar-refractivity contribution in [3.05, 3.63) is 46.0 Å². The molecule has 1 aromatic heterocycles. The third-order valence-electron chi connectivity index (χ3n) is 1.73. The molecule has 0 fully saturated rings. The molecule has 16 heavy (non-hydrogen) atoms. The Morgan fingerprint density at radius 2 is 2.06 bits per heavy atom. The minimum absolute atomic E-state index is 0.141. The highest BCUT2D eigenvalue weighted by molar-refractivity contribution is 9.10. The van der Waals surface area contributed by atoms with E-state index in [1.54, 1.807) is 24.4 Å². The monoisotopic (exact) mass is 318 g/mol. The van der Waals surface area contributed by atoms with E-state index < -0.39 is 0 Å². The summed E-state index contributed by atoms with van der Waals surface area (Å²) in [7, 11) is 0. The number of hydrogen-bond donors (Lipinski definition) is 0. The number of benzene rings is 1. The summed E-state index contributed by atoms with van der Waals surface area (Å²) in [4.78, 5) is 8.31. The standard InChI is InChI=1S/C10H5BrClFN2S/c11-6-5-14-10(12)15-9(6)16-8-4-2-1-3-7(8)13/h1-5H. The van der Waals surface area contributed by atoms with Gasteiger partial charge in [0.1, 0.15) is 10.8 Å². The van der Waals surface area contributed by atoms with Crippen molar-refractivity contribution < 1.29 is 4.39 Å². The van der Waals surface area contributed by atoms with Crippen molar-refractivity contribution in [1.82, 2.24) is 9.97 Å². The van der Waals surface area contributed by atoms with Crippen LogP contribution in [0, 0.1) is 5.82 Å². The molecule has 0 bridgehead atoms. The van der Waals surface area contributed by atoms with Crippen LogP contribution in [0.15, 0.2) is 44.9 Å². The molecule has 2 rings (SSSR count). The van der Waals surface area contributed by atoms with Crippen LogP contribution in [0.4, 0.5) is 4.39 Å². The lowest BCUT2D eigenvalue weighted by molar-refractivity contribution is 0.602. The molecule has 0 spiro atoms. The van der Waals surface area contributed by atoms with Crippen molar-refractivity contribution >= 4 is 39.3 Å². The lowest BCUT2D eigenvalue weighted by Gasteiger charge is -2.03. The highest BCUT2D eigenvalue weighted by Crippen LogP contribution is 2.33. The number of rotatable bonds is 2. The first-order valence-corrected chi connectivity index (χ1v) is 6.26. The predicted octanol–water partition coefficient (Wildman–Crippen LogP) is 4.18. The van der Waals surface area contributed by atoms with Crippen molar-refractivity contribution in [2.75, 3.05) is 0 Å². The molecular weight excluding hydrogens is 315 g/mol. The van der Waals surface area contributed by atoms with Crippen molar-refractivity contribution in [2.45, 2.75) is 9.92 Å². The van der Waals surface area contributed by atoms with Crippen LogP contribution < -0.4 is 0 Å². The second-order valence-corrected chi connectivity index (χ2v) is 5.05. The number of nitrogens with zero attached hydrogens (tertiary/aromatic N) is 2. The minimum atomic E-state index is -0.283. The summed E-state index contributed by atoms with van der Waals surface area (Å²) >= 11 is 10.2. The molecule has 1 heterocycles. The third kappa shape index (κ3) is 2.72. The predicted molar refractivity (Wildman–Crippen MR) is 65.3 cm³/mol. The smallest absolute Gasteiger partial charge is 0.223 e. The van der Waals surface area contributed by atoms with Gasteiger partial charge < -0.3 is 0 Å². The number of aromatic nitrogens is 2. The fourth-order valence-corrected chi connectivity index (χ4v) is 2.45. The Kier molecular flexibility index (Phi) is 3.78. The average molecular weight is 320 g/mol.